The van der Waals surface area contributed by atoms with Gasteiger partial charge in [0.25, 0.3) is 5.91 Å². The summed E-state index contributed by atoms with van der Waals surface area (Å²) in [5.74, 6) is -0.490. The molecule has 2 aromatic rings. The molecule has 0 unspecified atom stereocenters. The van der Waals surface area contributed by atoms with Gasteiger partial charge in [0, 0.05) is 25.7 Å². The van der Waals surface area contributed by atoms with E-state index in [9.17, 15) is 17.6 Å². The highest BCUT2D eigenvalue weighted by Crippen LogP contribution is 2.11. The molecule has 0 spiro atoms. The molecular weight excluding hydrogens is 343 g/mol. The van der Waals surface area contributed by atoms with E-state index in [1.54, 1.807) is 43.4 Å². The van der Waals surface area contributed by atoms with Crippen LogP contribution in [0.3, 0.4) is 0 Å². The van der Waals surface area contributed by atoms with E-state index >= 15 is 0 Å². The largest absolute Gasteiger partial charge is 0.337 e. The Labute approximate surface area is 147 Å². The zero-order valence-corrected chi connectivity index (χ0v) is 15.0. The zero-order valence-electron chi connectivity index (χ0n) is 14.2. The van der Waals surface area contributed by atoms with E-state index in [-0.39, 0.29) is 11.7 Å². The average molecular weight is 364 g/mol. The van der Waals surface area contributed by atoms with Crippen molar-refractivity contribution in [3.05, 3.63) is 71.0 Å². The molecule has 0 atom stereocenters. The number of sulfonamides is 1. The lowest BCUT2D eigenvalue weighted by molar-refractivity contribution is 0.0785. The van der Waals surface area contributed by atoms with Crippen molar-refractivity contribution in [1.82, 2.24) is 9.62 Å². The second-order valence-electron chi connectivity index (χ2n) is 5.90. The number of carbonyl (C=O) groups excluding carboxylic acids is 1. The summed E-state index contributed by atoms with van der Waals surface area (Å²) in [6.45, 7) is 0.627. The third kappa shape index (κ3) is 6.28. The van der Waals surface area contributed by atoms with Crippen LogP contribution >= 0.6 is 0 Å². The Morgan fingerprint density at radius 2 is 1.80 bits per heavy atom. The van der Waals surface area contributed by atoms with Crippen molar-refractivity contribution in [2.24, 2.45) is 0 Å². The molecule has 0 radical (unpaired) electrons. The van der Waals surface area contributed by atoms with Crippen molar-refractivity contribution in [2.45, 2.75) is 13.0 Å². The normalized spacial score (nSPS) is 11.3. The topological polar surface area (TPSA) is 66.5 Å². The van der Waals surface area contributed by atoms with Crippen LogP contribution < -0.4 is 4.72 Å². The summed E-state index contributed by atoms with van der Waals surface area (Å²) in [6.07, 6.45) is 1.66. The number of nitrogens with zero attached hydrogens (tertiary/aromatic N) is 1. The summed E-state index contributed by atoms with van der Waals surface area (Å²) in [5, 5.41) is 0. The average Bonchev–Trinajstić information content (AvgIpc) is 2.53. The van der Waals surface area contributed by atoms with Crippen molar-refractivity contribution in [3.63, 3.8) is 0 Å². The SMILES string of the molecule is CN(Cc1cccc(F)c1)C(=O)c1ccc(CCNS(C)(=O)=O)cc1. The van der Waals surface area contributed by atoms with Crippen molar-refractivity contribution >= 4 is 15.9 Å². The highest BCUT2D eigenvalue weighted by molar-refractivity contribution is 7.88. The Morgan fingerprint density at radius 1 is 1.12 bits per heavy atom. The van der Waals surface area contributed by atoms with Crippen LogP contribution in [-0.2, 0) is 23.0 Å². The van der Waals surface area contributed by atoms with Crippen LogP contribution in [0.4, 0.5) is 4.39 Å². The molecule has 2 aromatic carbocycles. The molecule has 134 valence electrons. The van der Waals surface area contributed by atoms with Crippen molar-refractivity contribution in [3.8, 4) is 0 Å². The maximum Gasteiger partial charge on any atom is 0.253 e. The second kappa shape index (κ2) is 8.22. The van der Waals surface area contributed by atoms with E-state index in [4.69, 9.17) is 0 Å². The predicted octanol–water partition coefficient (Wildman–Crippen LogP) is 2.19. The summed E-state index contributed by atoms with van der Waals surface area (Å²) in [4.78, 5) is 14.0. The minimum absolute atomic E-state index is 0.162. The Hall–Kier alpha value is -2.25. The number of halogens is 1. The first kappa shape index (κ1) is 19.1. The van der Waals surface area contributed by atoms with E-state index in [1.165, 1.54) is 17.0 Å². The molecule has 0 aromatic heterocycles. The zero-order chi connectivity index (χ0) is 18.4. The molecule has 2 rings (SSSR count). The van der Waals surface area contributed by atoms with Crippen LogP contribution in [0.15, 0.2) is 48.5 Å². The molecule has 7 heteroatoms. The summed E-state index contributed by atoms with van der Waals surface area (Å²) < 4.78 is 37.7. The van der Waals surface area contributed by atoms with Gasteiger partial charge in [-0.25, -0.2) is 17.5 Å². The highest BCUT2D eigenvalue weighted by atomic mass is 32.2. The predicted molar refractivity (Wildman–Crippen MR) is 95.2 cm³/mol. The minimum atomic E-state index is -3.20. The third-order valence-corrected chi connectivity index (χ3v) is 4.36. The van der Waals surface area contributed by atoms with E-state index < -0.39 is 10.0 Å². The lowest BCUT2D eigenvalue weighted by Crippen LogP contribution is -2.26. The van der Waals surface area contributed by atoms with Crippen molar-refractivity contribution < 1.29 is 17.6 Å². The molecule has 25 heavy (non-hydrogen) atoms. The van der Waals surface area contributed by atoms with Gasteiger partial charge in [-0.3, -0.25) is 4.79 Å². The van der Waals surface area contributed by atoms with E-state index in [0.717, 1.165) is 17.4 Å². The minimum Gasteiger partial charge on any atom is -0.337 e. The fraction of sp³-hybridized carbons (Fsp3) is 0.278. The first-order valence-corrected chi connectivity index (χ1v) is 9.67. The number of carbonyl (C=O) groups is 1. The number of hydrogen-bond donors (Lipinski definition) is 1. The van der Waals surface area contributed by atoms with Crippen LogP contribution in [0.2, 0.25) is 0 Å². The van der Waals surface area contributed by atoms with E-state index in [0.29, 0.717) is 25.1 Å². The van der Waals surface area contributed by atoms with Gasteiger partial charge in [-0.2, -0.15) is 0 Å². The van der Waals surface area contributed by atoms with Crippen LogP contribution in [-0.4, -0.2) is 39.1 Å². The van der Waals surface area contributed by atoms with Gasteiger partial charge in [0.2, 0.25) is 10.0 Å². The molecule has 0 saturated heterocycles. The van der Waals surface area contributed by atoms with Gasteiger partial charge in [0.05, 0.1) is 6.26 Å². The molecule has 0 aliphatic carbocycles. The molecule has 0 heterocycles. The third-order valence-electron chi connectivity index (χ3n) is 3.63. The lowest BCUT2D eigenvalue weighted by Gasteiger charge is -2.17. The molecule has 0 aliphatic rings. The first-order chi connectivity index (χ1) is 11.7. The Balaban J connectivity index is 1.95. The van der Waals surface area contributed by atoms with Gasteiger partial charge in [0.1, 0.15) is 5.82 Å². The molecule has 0 saturated carbocycles. The highest BCUT2D eigenvalue weighted by Gasteiger charge is 2.12. The van der Waals surface area contributed by atoms with Crippen molar-refractivity contribution in [2.75, 3.05) is 19.8 Å². The lowest BCUT2D eigenvalue weighted by atomic mass is 10.1. The summed E-state index contributed by atoms with van der Waals surface area (Å²) in [6, 6.07) is 13.2. The molecular formula is C18H21FN2O3S. The Morgan fingerprint density at radius 3 is 2.40 bits per heavy atom. The molecule has 1 N–H and O–H groups in total. The second-order valence-corrected chi connectivity index (χ2v) is 7.74. The fourth-order valence-electron chi connectivity index (χ4n) is 2.40. The Kier molecular flexibility index (Phi) is 6.27. The maximum atomic E-state index is 13.2. The molecule has 5 nitrogen and oxygen atoms in total. The number of nitrogens with one attached hydrogen (secondary N) is 1. The number of benzene rings is 2. The van der Waals surface area contributed by atoms with Gasteiger partial charge in [-0.05, 0) is 41.8 Å². The first-order valence-electron chi connectivity index (χ1n) is 7.78. The molecule has 0 fully saturated rings. The summed E-state index contributed by atoms with van der Waals surface area (Å²) >= 11 is 0. The van der Waals surface area contributed by atoms with Crippen LogP contribution in [0.25, 0.3) is 0 Å². The van der Waals surface area contributed by atoms with E-state index in [2.05, 4.69) is 4.72 Å². The number of amides is 1. The van der Waals surface area contributed by atoms with Crippen LogP contribution in [0, 0.1) is 5.82 Å². The number of rotatable bonds is 7. The standard InChI is InChI=1S/C18H21FN2O3S/c1-21(13-15-4-3-5-17(19)12-15)18(22)16-8-6-14(7-9-16)10-11-20-25(2,23)24/h3-9,12,20H,10-11,13H2,1-2H3. The smallest absolute Gasteiger partial charge is 0.253 e. The maximum absolute atomic E-state index is 13.2. The number of hydrogen-bond acceptors (Lipinski definition) is 3. The monoisotopic (exact) mass is 364 g/mol. The van der Waals surface area contributed by atoms with Gasteiger partial charge < -0.3 is 4.90 Å². The van der Waals surface area contributed by atoms with Crippen LogP contribution in [0.5, 0.6) is 0 Å². The van der Waals surface area contributed by atoms with E-state index in [1.807, 2.05) is 0 Å². The summed E-state index contributed by atoms with van der Waals surface area (Å²) in [7, 11) is -1.53. The van der Waals surface area contributed by atoms with Gasteiger partial charge in [-0.1, -0.05) is 24.3 Å². The van der Waals surface area contributed by atoms with Gasteiger partial charge in [0.15, 0.2) is 0 Å². The quantitative estimate of drug-likeness (QED) is 0.819. The Bertz CT molecular complexity index is 836. The van der Waals surface area contributed by atoms with Gasteiger partial charge >= 0.3 is 0 Å². The van der Waals surface area contributed by atoms with Crippen LogP contribution in [0.1, 0.15) is 21.5 Å². The summed E-state index contributed by atoms with van der Waals surface area (Å²) in [5.41, 5.74) is 2.18. The molecule has 1 amide bonds. The molecule has 0 aliphatic heterocycles. The fourth-order valence-corrected chi connectivity index (χ4v) is 2.87. The van der Waals surface area contributed by atoms with Gasteiger partial charge in [-0.15, -0.1) is 0 Å². The van der Waals surface area contributed by atoms with Crippen molar-refractivity contribution in [1.29, 1.82) is 0 Å². The molecule has 0 bridgehead atoms.